The minimum atomic E-state index is -0.0838. The molecular weight excluding hydrogens is 280 g/mol. The van der Waals surface area contributed by atoms with Crippen LogP contribution in [0.4, 0.5) is 11.4 Å². The predicted molar refractivity (Wildman–Crippen MR) is 86.8 cm³/mol. The van der Waals surface area contributed by atoms with Gasteiger partial charge in [-0.2, -0.15) is 0 Å². The smallest absolute Gasteiger partial charge is 0.226 e. The van der Waals surface area contributed by atoms with E-state index >= 15 is 0 Å². The fraction of sp³-hybridized carbons (Fsp3) is 0.235. The third kappa shape index (κ3) is 5.10. The second-order valence-electron chi connectivity index (χ2n) is 4.82. The molecule has 1 amide bonds. The number of nitrogen functional groups attached to an aromatic ring is 1. The Bertz CT molecular complexity index is 594. The molecule has 0 aliphatic heterocycles. The van der Waals surface area contributed by atoms with E-state index in [0.29, 0.717) is 25.3 Å². The van der Waals surface area contributed by atoms with Gasteiger partial charge in [0.1, 0.15) is 5.75 Å². The van der Waals surface area contributed by atoms with E-state index in [1.54, 1.807) is 31.4 Å². The van der Waals surface area contributed by atoms with Crippen molar-refractivity contribution < 1.29 is 14.3 Å². The number of rotatable bonds is 7. The van der Waals surface area contributed by atoms with Crippen molar-refractivity contribution in [2.24, 2.45) is 0 Å². The van der Waals surface area contributed by atoms with Crippen molar-refractivity contribution in [2.75, 3.05) is 24.8 Å². The van der Waals surface area contributed by atoms with Gasteiger partial charge in [0.05, 0.1) is 26.7 Å². The van der Waals surface area contributed by atoms with Crippen LogP contribution < -0.4 is 15.8 Å². The van der Waals surface area contributed by atoms with Crippen molar-refractivity contribution >= 4 is 17.3 Å². The quantitative estimate of drug-likeness (QED) is 0.609. The fourth-order valence-electron chi connectivity index (χ4n) is 1.87. The first-order chi connectivity index (χ1) is 10.7. The summed E-state index contributed by atoms with van der Waals surface area (Å²) in [5, 5.41) is 2.79. The standard InChI is InChI=1S/C17H20N2O3/c1-21-16-8-2-13(3-9-16)12-22-11-10-17(20)19-15-6-4-14(18)5-7-15/h2-9H,10-12,18H2,1H3,(H,19,20). The molecule has 2 rings (SSSR count). The number of nitrogens with one attached hydrogen (secondary N) is 1. The maximum Gasteiger partial charge on any atom is 0.226 e. The Morgan fingerprint density at radius 1 is 1.09 bits per heavy atom. The summed E-state index contributed by atoms with van der Waals surface area (Å²) in [7, 11) is 1.63. The van der Waals surface area contributed by atoms with E-state index in [9.17, 15) is 4.79 Å². The number of benzene rings is 2. The number of carbonyl (C=O) groups excluding carboxylic acids is 1. The van der Waals surface area contributed by atoms with Gasteiger partial charge in [-0.3, -0.25) is 4.79 Å². The van der Waals surface area contributed by atoms with Crippen molar-refractivity contribution in [3.05, 3.63) is 54.1 Å². The number of anilines is 2. The van der Waals surface area contributed by atoms with Gasteiger partial charge in [-0.1, -0.05) is 12.1 Å². The van der Waals surface area contributed by atoms with Gasteiger partial charge in [0.2, 0.25) is 5.91 Å². The summed E-state index contributed by atoms with van der Waals surface area (Å²) in [5.41, 5.74) is 8.03. The summed E-state index contributed by atoms with van der Waals surface area (Å²) < 4.78 is 10.6. The Morgan fingerprint density at radius 2 is 1.77 bits per heavy atom. The summed E-state index contributed by atoms with van der Waals surface area (Å²) in [6.07, 6.45) is 0.306. The normalized spacial score (nSPS) is 10.2. The van der Waals surface area contributed by atoms with Gasteiger partial charge < -0.3 is 20.5 Å². The number of methoxy groups -OCH3 is 1. The van der Waals surface area contributed by atoms with Gasteiger partial charge in [-0.15, -0.1) is 0 Å². The molecule has 5 heteroatoms. The van der Waals surface area contributed by atoms with Gasteiger partial charge in [-0.25, -0.2) is 0 Å². The number of ether oxygens (including phenoxy) is 2. The van der Waals surface area contributed by atoms with E-state index in [2.05, 4.69) is 5.32 Å². The van der Waals surface area contributed by atoms with Crippen LogP contribution in [0.15, 0.2) is 48.5 Å². The molecule has 5 nitrogen and oxygen atoms in total. The van der Waals surface area contributed by atoms with Gasteiger partial charge in [0.25, 0.3) is 0 Å². The highest BCUT2D eigenvalue weighted by molar-refractivity contribution is 5.90. The molecule has 0 aromatic heterocycles. The number of carbonyl (C=O) groups is 1. The minimum absolute atomic E-state index is 0.0838. The van der Waals surface area contributed by atoms with Crippen LogP contribution in [0.25, 0.3) is 0 Å². The lowest BCUT2D eigenvalue weighted by Crippen LogP contribution is -2.14. The Balaban J connectivity index is 1.67. The van der Waals surface area contributed by atoms with Crippen LogP contribution >= 0.6 is 0 Å². The summed E-state index contributed by atoms with van der Waals surface area (Å²) in [4.78, 5) is 11.8. The maximum absolute atomic E-state index is 11.8. The van der Waals surface area contributed by atoms with Crippen LogP contribution in [0.2, 0.25) is 0 Å². The van der Waals surface area contributed by atoms with Crippen LogP contribution in [0, 0.1) is 0 Å². The SMILES string of the molecule is COc1ccc(COCCC(=O)Nc2ccc(N)cc2)cc1. The molecule has 0 radical (unpaired) electrons. The average molecular weight is 300 g/mol. The van der Waals surface area contributed by atoms with Crippen molar-refractivity contribution in [1.29, 1.82) is 0 Å². The first kappa shape index (κ1) is 15.9. The summed E-state index contributed by atoms with van der Waals surface area (Å²) in [6, 6.07) is 14.7. The highest BCUT2D eigenvalue weighted by Crippen LogP contribution is 2.12. The third-order valence-corrected chi connectivity index (χ3v) is 3.10. The molecule has 2 aromatic rings. The Kier molecular flexibility index (Phi) is 5.80. The summed E-state index contributed by atoms with van der Waals surface area (Å²) in [5.74, 6) is 0.728. The molecule has 0 aliphatic carbocycles. The molecule has 22 heavy (non-hydrogen) atoms. The Labute approximate surface area is 130 Å². The molecule has 0 saturated carbocycles. The molecule has 0 heterocycles. The van der Waals surface area contributed by atoms with Gasteiger partial charge in [0.15, 0.2) is 0 Å². The van der Waals surface area contributed by atoms with Crippen molar-refractivity contribution in [3.8, 4) is 5.75 Å². The van der Waals surface area contributed by atoms with Crippen LogP contribution in [-0.4, -0.2) is 19.6 Å². The molecule has 3 N–H and O–H groups in total. The van der Waals surface area contributed by atoms with Crippen LogP contribution in [0.3, 0.4) is 0 Å². The first-order valence-corrected chi connectivity index (χ1v) is 7.03. The molecule has 0 aliphatic rings. The van der Waals surface area contributed by atoms with E-state index < -0.39 is 0 Å². The zero-order valence-corrected chi connectivity index (χ0v) is 12.5. The average Bonchev–Trinajstić information content (AvgIpc) is 2.54. The number of hydrogen-bond donors (Lipinski definition) is 2. The zero-order valence-electron chi connectivity index (χ0n) is 12.5. The molecule has 0 bridgehead atoms. The highest BCUT2D eigenvalue weighted by Gasteiger charge is 2.02. The van der Waals surface area contributed by atoms with E-state index in [-0.39, 0.29) is 5.91 Å². The fourth-order valence-corrected chi connectivity index (χ4v) is 1.87. The second-order valence-corrected chi connectivity index (χ2v) is 4.82. The Hall–Kier alpha value is -2.53. The molecule has 0 unspecified atom stereocenters. The largest absolute Gasteiger partial charge is 0.497 e. The third-order valence-electron chi connectivity index (χ3n) is 3.10. The molecule has 0 atom stereocenters. The van der Waals surface area contributed by atoms with Crippen molar-refractivity contribution in [1.82, 2.24) is 0 Å². The molecule has 0 spiro atoms. The number of amides is 1. The van der Waals surface area contributed by atoms with Gasteiger partial charge >= 0.3 is 0 Å². The molecular formula is C17H20N2O3. The van der Waals surface area contributed by atoms with Crippen molar-refractivity contribution in [3.63, 3.8) is 0 Å². The molecule has 116 valence electrons. The Morgan fingerprint density at radius 3 is 2.41 bits per heavy atom. The summed E-state index contributed by atoms with van der Waals surface area (Å²) >= 11 is 0. The van der Waals surface area contributed by atoms with E-state index in [1.165, 1.54) is 0 Å². The van der Waals surface area contributed by atoms with Crippen LogP contribution in [0.1, 0.15) is 12.0 Å². The van der Waals surface area contributed by atoms with E-state index in [0.717, 1.165) is 17.0 Å². The lowest BCUT2D eigenvalue weighted by molar-refractivity contribution is -0.117. The van der Waals surface area contributed by atoms with E-state index in [4.69, 9.17) is 15.2 Å². The second kappa shape index (κ2) is 8.05. The molecule has 0 saturated heterocycles. The molecule has 2 aromatic carbocycles. The van der Waals surface area contributed by atoms with Gasteiger partial charge in [0, 0.05) is 11.4 Å². The monoisotopic (exact) mass is 300 g/mol. The topological polar surface area (TPSA) is 73.6 Å². The van der Waals surface area contributed by atoms with Gasteiger partial charge in [-0.05, 0) is 42.0 Å². The first-order valence-electron chi connectivity index (χ1n) is 7.03. The lowest BCUT2D eigenvalue weighted by atomic mass is 10.2. The highest BCUT2D eigenvalue weighted by atomic mass is 16.5. The molecule has 0 fully saturated rings. The zero-order chi connectivity index (χ0) is 15.8. The summed E-state index contributed by atoms with van der Waals surface area (Å²) in [6.45, 7) is 0.839. The predicted octanol–water partition coefficient (Wildman–Crippen LogP) is 2.82. The lowest BCUT2D eigenvalue weighted by Gasteiger charge is -2.07. The van der Waals surface area contributed by atoms with E-state index in [1.807, 2.05) is 24.3 Å². The van der Waals surface area contributed by atoms with Crippen LogP contribution in [0.5, 0.6) is 5.75 Å². The van der Waals surface area contributed by atoms with Crippen LogP contribution in [-0.2, 0) is 16.1 Å². The maximum atomic E-state index is 11.8. The van der Waals surface area contributed by atoms with Crippen molar-refractivity contribution in [2.45, 2.75) is 13.0 Å². The minimum Gasteiger partial charge on any atom is -0.497 e. The number of hydrogen-bond acceptors (Lipinski definition) is 4. The number of nitrogens with two attached hydrogens (primary N) is 1.